The fourth-order valence-electron chi connectivity index (χ4n) is 5.00. The number of likely N-dealkylation sites (N-methyl/N-ethyl adjacent to an activating group) is 1. The Balaban J connectivity index is 1.47. The van der Waals surface area contributed by atoms with E-state index in [1.807, 2.05) is 50.8 Å². The first-order valence-corrected chi connectivity index (χ1v) is 10.1. The van der Waals surface area contributed by atoms with E-state index in [0.717, 1.165) is 24.1 Å². The smallest absolute Gasteiger partial charge is 0.253 e. The highest BCUT2D eigenvalue weighted by Gasteiger charge is 2.51. The van der Waals surface area contributed by atoms with Gasteiger partial charge in [-0.3, -0.25) is 14.4 Å². The molecule has 1 aromatic carbocycles. The van der Waals surface area contributed by atoms with Gasteiger partial charge in [-0.25, -0.2) is 0 Å². The maximum Gasteiger partial charge on any atom is 0.253 e. The zero-order valence-electron chi connectivity index (χ0n) is 17.3. The molecule has 0 saturated carbocycles. The van der Waals surface area contributed by atoms with Gasteiger partial charge in [0.1, 0.15) is 0 Å². The highest BCUT2D eigenvalue weighted by molar-refractivity contribution is 6.08. The molecule has 4 rings (SSSR count). The number of nitrogens with zero attached hydrogens (tertiary/aromatic N) is 2. The van der Waals surface area contributed by atoms with Crippen molar-refractivity contribution in [1.82, 2.24) is 10.2 Å². The van der Waals surface area contributed by atoms with E-state index >= 15 is 0 Å². The predicted molar refractivity (Wildman–Crippen MR) is 107 cm³/mol. The van der Waals surface area contributed by atoms with Crippen LogP contribution in [0.2, 0.25) is 0 Å². The molecule has 1 atom stereocenters. The molecule has 0 radical (unpaired) electrons. The summed E-state index contributed by atoms with van der Waals surface area (Å²) >= 11 is 0. The van der Waals surface area contributed by atoms with Crippen LogP contribution in [0.4, 0.5) is 5.69 Å². The van der Waals surface area contributed by atoms with Crippen molar-refractivity contribution in [1.29, 1.82) is 0 Å². The molecule has 3 heterocycles. The molecule has 6 heteroatoms. The van der Waals surface area contributed by atoms with E-state index in [9.17, 15) is 14.4 Å². The third-order valence-corrected chi connectivity index (χ3v) is 7.07. The fraction of sp³-hybridized carbons (Fsp3) is 0.591. The van der Waals surface area contributed by atoms with Gasteiger partial charge in [-0.15, -0.1) is 0 Å². The highest BCUT2D eigenvalue weighted by Crippen LogP contribution is 2.42. The zero-order chi connectivity index (χ0) is 20.4. The molecule has 1 N–H and O–H groups in total. The number of anilines is 1. The third kappa shape index (κ3) is 2.57. The lowest BCUT2D eigenvalue weighted by atomic mass is 9.68. The quantitative estimate of drug-likeness (QED) is 0.797. The average molecular weight is 383 g/mol. The number of fused-ring (bicyclic) bond motifs is 1. The van der Waals surface area contributed by atoms with E-state index in [4.69, 9.17) is 0 Å². The van der Waals surface area contributed by atoms with Gasteiger partial charge in [0, 0.05) is 37.4 Å². The first-order chi connectivity index (χ1) is 13.0. The maximum absolute atomic E-state index is 13.1. The molecule has 150 valence electrons. The standard InChI is InChI=1S/C22H29N3O3/c1-21(2)15-12-14(6-7-16(15)24(5)20(21)28)18(26)25-10-8-13(9-11-25)17-22(3,4)19(27)23-17/h6-7,12-13,17H,8-11H2,1-5H3,(H,23,27). The van der Waals surface area contributed by atoms with Crippen LogP contribution in [0, 0.1) is 11.3 Å². The van der Waals surface area contributed by atoms with Gasteiger partial charge in [0.15, 0.2) is 0 Å². The molecule has 3 amide bonds. The number of β-lactam (4-membered cyclic amide) rings is 1. The van der Waals surface area contributed by atoms with E-state index in [1.54, 1.807) is 11.9 Å². The van der Waals surface area contributed by atoms with Gasteiger partial charge < -0.3 is 15.1 Å². The normalized spacial score (nSPS) is 26.0. The number of carbonyl (C=O) groups excluding carboxylic acids is 3. The molecule has 0 spiro atoms. The average Bonchev–Trinajstić information content (AvgIpc) is 2.86. The second kappa shape index (κ2) is 6.06. The van der Waals surface area contributed by atoms with Crippen LogP contribution in [0.5, 0.6) is 0 Å². The summed E-state index contributed by atoms with van der Waals surface area (Å²) in [5.41, 5.74) is 1.53. The van der Waals surface area contributed by atoms with Crippen molar-refractivity contribution in [3.8, 4) is 0 Å². The molecule has 2 fully saturated rings. The Morgan fingerprint density at radius 2 is 1.75 bits per heavy atom. The topological polar surface area (TPSA) is 69.7 Å². The molecule has 2 saturated heterocycles. The summed E-state index contributed by atoms with van der Waals surface area (Å²) < 4.78 is 0. The van der Waals surface area contributed by atoms with Crippen molar-refractivity contribution in [2.75, 3.05) is 25.0 Å². The molecule has 3 aliphatic rings. The van der Waals surface area contributed by atoms with Gasteiger partial charge in [0.2, 0.25) is 11.8 Å². The summed E-state index contributed by atoms with van der Waals surface area (Å²) in [6.45, 7) is 9.21. The van der Waals surface area contributed by atoms with Crippen molar-refractivity contribution in [3.63, 3.8) is 0 Å². The molecular formula is C22H29N3O3. The van der Waals surface area contributed by atoms with Crippen LogP contribution in [0.15, 0.2) is 18.2 Å². The Morgan fingerprint density at radius 3 is 2.32 bits per heavy atom. The Morgan fingerprint density at radius 1 is 1.11 bits per heavy atom. The number of likely N-dealkylation sites (tertiary alicyclic amines) is 1. The van der Waals surface area contributed by atoms with Gasteiger partial charge in [-0.1, -0.05) is 0 Å². The third-order valence-electron chi connectivity index (χ3n) is 7.07. The summed E-state index contributed by atoms with van der Waals surface area (Å²) in [5, 5.41) is 3.05. The molecule has 28 heavy (non-hydrogen) atoms. The van der Waals surface area contributed by atoms with Crippen molar-refractivity contribution in [2.45, 2.75) is 52.0 Å². The van der Waals surface area contributed by atoms with Crippen LogP contribution in [0.1, 0.15) is 56.5 Å². The zero-order valence-corrected chi connectivity index (χ0v) is 17.3. The number of amides is 3. The number of piperidine rings is 1. The van der Waals surface area contributed by atoms with Crippen molar-refractivity contribution < 1.29 is 14.4 Å². The monoisotopic (exact) mass is 383 g/mol. The minimum Gasteiger partial charge on any atom is -0.351 e. The SMILES string of the molecule is CN1C(=O)C(C)(C)c2cc(C(=O)N3CCC(C4NC(=O)C4(C)C)CC3)ccc21. The molecule has 0 bridgehead atoms. The molecule has 0 aromatic heterocycles. The second-order valence-electron chi connectivity index (χ2n) is 9.52. The lowest BCUT2D eigenvalue weighted by Crippen LogP contribution is -2.68. The number of rotatable bonds is 2. The van der Waals surface area contributed by atoms with Gasteiger partial charge in [0.25, 0.3) is 5.91 Å². The Kier molecular flexibility index (Phi) is 4.11. The van der Waals surface area contributed by atoms with Gasteiger partial charge in [-0.2, -0.15) is 0 Å². The lowest BCUT2D eigenvalue weighted by Gasteiger charge is -2.50. The first-order valence-electron chi connectivity index (χ1n) is 10.1. The summed E-state index contributed by atoms with van der Waals surface area (Å²) in [6, 6.07) is 5.81. The van der Waals surface area contributed by atoms with Gasteiger partial charge in [0.05, 0.1) is 10.8 Å². The molecule has 3 aliphatic heterocycles. The minimum atomic E-state index is -0.610. The Bertz CT molecular complexity index is 866. The number of carbonyl (C=O) groups is 3. The summed E-state index contributed by atoms with van der Waals surface area (Å²) in [6.07, 6.45) is 1.80. The number of hydrogen-bond donors (Lipinski definition) is 1. The van der Waals surface area contributed by atoms with Gasteiger partial charge in [-0.05, 0) is 70.2 Å². The fourth-order valence-corrected chi connectivity index (χ4v) is 5.00. The Hall–Kier alpha value is -2.37. The molecule has 0 aliphatic carbocycles. The first kappa shape index (κ1) is 19.0. The predicted octanol–water partition coefficient (Wildman–Crippen LogP) is 2.32. The molecular weight excluding hydrogens is 354 g/mol. The molecule has 1 aromatic rings. The van der Waals surface area contributed by atoms with Crippen LogP contribution < -0.4 is 10.2 Å². The second-order valence-corrected chi connectivity index (χ2v) is 9.52. The van der Waals surface area contributed by atoms with Crippen LogP contribution in [-0.4, -0.2) is 48.8 Å². The van der Waals surface area contributed by atoms with E-state index < -0.39 is 5.41 Å². The Labute approximate surface area is 166 Å². The van der Waals surface area contributed by atoms with Crippen LogP contribution in [-0.2, 0) is 15.0 Å². The summed E-state index contributed by atoms with van der Waals surface area (Å²) in [4.78, 5) is 40.9. The molecule has 6 nitrogen and oxygen atoms in total. The van der Waals surface area contributed by atoms with Gasteiger partial charge >= 0.3 is 0 Å². The minimum absolute atomic E-state index is 0.0240. The van der Waals surface area contributed by atoms with E-state index in [0.29, 0.717) is 24.6 Å². The van der Waals surface area contributed by atoms with E-state index in [-0.39, 0.29) is 29.2 Å². The van der Waals surface area contributed by atoms with Crippen molar-refractivity contribution >= 4 is 23.4 Å². The number of benzene rings is 1. The molecule has 1 unspecified atom stereocenters. The van der Waals surface area contributed by atoms with Crippen LogP contribution in [0.25, 0.3) is 0 Å². The largest absolute Gasteiger partial charge is 0.351 e. The highest BCUT2D eigenvalue weighted by atomic mass is 16.2. The van der Waals surface area contributed by atoms with Crippen molar-refractivity contribution in [3.05, 3.63) is 29.3 Å². The van der Waals surface area contributed by atoms with Crippen molar-refractivity contribution in [2.24, 2.45) is 11.3 Å². The van der Waals surface area contributed by atoms with Crippen LogP contribution >= 0.6 is 0 Å². The summed E-state index contributed by atoms with van der Waals surface area (Å²) in [7, 11) is 1.78. The van der Waals surface area contributed by atoms with E-state index in [1.165, 1.54) is 0 Å². The lowest BCUT2D eigenvalue weighted by molar-refractivity contribution is -0.146. The number of nitrogens with one attached hydrogen (secondary N) is 1. The van der Waals surface area contributed by atoms with E-state index in [2.05, 4.69) is 5.32 Å². The summed E-state index contributed by atoms with van der Waals surface area (Å²) in [5.74, 6) is 0.618. The maximum atomic E-state index is 13.1. The van der Waals surface area contributed by atoms with Crippen LogP contribution in [0.3, 0.4) is 0 Å². The number of hydrogen-bond acceptors (Lipinski definition) is 3.